The number of allylic oxidation sites excluding steroid dienone is 1. The molecule has 1 amide bonds. The molecule has 11 heteroatoms. The van der Waals surface area contributed by atoms with E-state index in [-0.39, 0.29) is 18.5 Å². The van der Waals surface area contributed by atoms with Crippen molar-refractivity contribution in [2.24, 2.45) is 0 Å². The number of carbonyl (C=O) groups excluding carboxylic acids is 2. The minimum atomic E-state index is -1.57. The van der Waals surface area contributed by atoms with Crippen LogP contribution in [0.25, 0.3) is 0 Å². The second-order valence-electron chi connectivity index (χ2n) is 28.8. The second-order valence-corrected chi connectivity index (χ2v) is 28.8. The summed E-state index contributed by atoms with van der Waals surface area (Å²) >= 11 is 0. The molecule has 1 aliphatic rings. The van der Waals surface area contributed by atoms with Crippen LogP contribution in [0.1, 0.15) is 431 Å². The number of amides is 1. The molecule has 0 spiro atoms. The van der Waals surface area contributed by atoms with Crippen molar-refractivity contribution in [1.82, 2.24) is 5.32 Å². The lowest BCUT2D eigenvalue weighted by Crippen LogP contribution is -2.60. The fourth-order valence-electron chi connectivity index (χ4n) is 13.5. The Morgan fingerprint density at radius 2 is 0.685 bits per heavy atom. The molecule has 0 bridgehead atoms. The van der Waals surface area contributed by atoms with Crippen molar-refractivity contribution in [2.45, 2.75) is 474 Å². The van der Waals surface area contributed by atoms with Crippen molar-refractivity contribution in [2.75, 3.05) is 19.8 Å². The first kappa shape index (κ1) is 88.4. The fourth-order valence-corrected chi connectivity index (χ4v) is 13.5. The quantitative estimate of drug-likeness (QED) is 0.0195. The molecule has 7 unspecified atom stereocenters. The van der Waals surface area contributed by atoms with E-state index < -0.39 is 49.5 Å². The number of hydrogen-bond acceptors (Lipinski definition) is 10. The van der Waals surface area contributed by atoms with Gasteiger partial charge in [-0.2, -0.15) is 0 Å². The first-order valence-corrected chi connectivity index (χ1v) is 41.0. The van der Waals surface area contributed by atoms with E-state index in [4.69, 9.17) is 14.2 Å². The molecular formula is C81H157NO10. The minimum Gasteiger partial charge on any atom is -0.466 e. The van der Waals surface area contributed by atoms with Gasteiger partial charge in [0.15, 0.2) is 6.29 Å². The number of ether oxygens (including phenoxy) is 3. The number of hydrogen-bond donors (Lipinski definition) is 6. The summed E-state index contributed by atoms with van der Waals surface area (Å²) in [6.45, 7) is 4.38. The zero-order valence-corrected chi connectivity index (χ0v) is 61.1. The summed E-state index contributed by atoms with van der Waals surface area (Å²) in [5.41, 5.74) is 0. The van der Waals surface area contributed by atoms with Gasteiger partial charge in [-0.3, -0.25) is 9.59 Å². The Bertz CT molecular complexity index is 1530. The maximum atomic E-state index is 13.0. The first-order valence-electron chi connectivity index (χ1n) is 41.0. The Morgan fingerprint density at radius 1 is 0.391 bits per heavy atom. The van der Waals surface area contributed by atoms with Crippen LogP contribution < -0.4 is 5.32 Å². The molecule has 0 saturated carbocycles. The molecule has 0 radical (unpaired) electrons. The van der Waals surface area contributed by atoms with Gasteiger partial charge < -0.3 is 45.1 Å². The lowest BCUT2D eigenvalue weighted by molar-refractivity contribution is -0.302. The van der Waals surface area contributed by atoms with Crippen LogP contribution in [0.15, 0.2) is 12.2 Å². The zero-order valence-electron chi connectivity index (χ0n) is 61.1. The van der Waals surface area contributed by atoms with Crippen molar-refractivity contribution in [3.05, 3.63) is 12.2 Å². The van der Waals surface area contributed by atoms with Crippen LogP contribution >= 0.6 is 0 Å². The highest BCUT2D eigenvalue weighted by atomic mass is 16.7. The van der Waals surface area contributed by atoms with Gasteiger partial charge in [-0.1, -0.05) is 398 Å². The van der Waals surface area contributed by atoms with Crippen LogP contribution in [0, 0.1) is 0 Å². The Balaban J connectivity index is 1.82. The number of aliphatic hydroxyl groups is 5. The molecule has 1 saturated heterocycles. The van der Waals surface area contributed by atoms with Gasteiger partial charge in [0.25, 0.3) is 0 Å². The van der Waals surface area contributed by atoms with E-state index in [1.54, 1.807) is 6.08 Å². The van der Waals surface area contributed by atoms with Crippen molar-refractivity contribution in [3.8, 4) is 0 Å². The number of aliphatic hydroxyl groups excluding tert-OH is 5. The standard InChI is InChI=1S/C81H157NO10/c1-3-5-7-9-11-13-14-15-16-17-40-43-46-49-53-57-61-65-69-77(86)90-70-66-62-58-54-50-47-44-41-38-36-34-32-30-28-26-24-22-20-18-19-21-23-25-27-29-31-33-35-37-39-42-45-48-52-56-60-64-68-76(85)82-73(74(84)67-63-59-55-51-12-10-8-6-4-2)72-91-81-80(89)79(88)78(87)75(71-83)92-81/h63,67,73-75,78-81,83-84,87-89H,3-62,64-66,68-72H2,1-2H3,(H,82,85)/b67-63+. The molecule has 1 fully saturated rings. The van der Waals surface area contributed by atoms with Crippen molar-refractivity contribution in [3.63, 3.8) is 0 Å². The van der Waals surface area contributed by atoms with Crippen LogP contribution in [0.2, 0.25) is 0 Å². The van der Waals surface area contributed by atoms with Gasteiger partial charge in [-0.25, -0.2) is 0 Å². The number of esters is 1. The minimum absolute atomic E-state index is 0.0228. The van der Waals surface area contributed by atoms with Gasteiger partial charge in [0, 0.05) is 12.8 Å². The average Bonchev–Trinajstić information content (AvgIpc) is 1.01. The molecule has 0 aromatic rings. The normalized spacial score (nSPS) is 17.5. The fraction of sp³-hybridized carbons (Fsp3) is 0.951. The molecule has 0 aromatic carbocycles. The topological polar surface area (TPSA) is 175 Å². The largest absolute Gasteiger partial charge is 0.466 e. The number of nitrogens with one attached hydrogen (secondary N) is 1. The van der Waals surface area contributed by atoms with Crippen LogP contribution in [0.5, 0.6) is 0 Å². The third-order valence-electron chi connectivity index (χ3n) is 19.9. The van der Waals surface area contributed by atoms with Gasteiger partial charge in [-0.05, 0) is 32.1 Å². The smallest absolute Gasteiger partial charge is 0.305 e. The highest BCUT2D eigenvalue weighted by Gasteiger charge is 2.44. The Labute approximate surface area is 569 Å². The molecule has 7 atom stereocenters. The van der Waals surface area contributed by atoms with Crippen molar-refractivity contribution in [1.29, 1.82) is 0 Å². The maximum Gasteiger partial charge on any atom is 0.305 e. The third kappa shape index (κ3) is 58.5. The summed E-state index contributed by atoms with van der Waals surface area (Å²) in [7, 11) is 0. The van der Waals surface area contributed by atoms with Crippen LogP contribution in [0.3, 0.4) is 0 Å². The SMILES string of the molecule is CCCCCCCCC/C=C/C(O)C(COC1OC(CO)C(O)C(O)C1O)NC(=O)CCCCCCCCCCCCCCCCCCCCCCCCCCCCCCCCCCCCCCCOC(=O)CCCCCCCCCCCCCCCCCCCC. The zero-order chi connectivity index (χ0) is 66.5. The summed E-state index contributed by atoms with van der Waals surface area (Å²) < 4.78 is 16.8. The van der Waals surface area contributed by atoms with E-state index in [1.165, 1.54) is 353 Å². The van der Waals surface area contributed by atoms with E-state index >= 15 is 0 Å². The Kier molecular flexibility index (Phi) is 67.9. The van der Waals surface area contributed by atoms with Gasteiger partial charge in [0.2, 0.25) is 5.91 Å². The summed E-state index contributed by atoms with van der Waals surface area (Å²) in [5, 5.41) is 54.4. The molecule has 0 aliphatic carbocycles. The van der Waals surface area contributed by atoms with Gasteiger partial charge in [0.1, 0.15) is 24.4 Å². The lowest BCUT2D eigenvalue weighted by Gasteiger charge is -2.40. The van der Waals surface area contributed by atoms with Gasteiger partial charge >= 0.3 is 5.97 Å². The van der Waals surface area contributed by atoms with Crippen LogP contribution in [-0.4, -0.2) is 100 Å². The number of rotatable bonds is 74. The summed E-state index contributed by atoms with van der Waals surface area (Å²) in [4.78, 5) is 25.2. The summed E-state index contributed by atoms with van der Waals surface area (Å²) in [6, 6.07) is -0.803. The monoisotopic (exact) mass is 1300 g/mol. The molecule has 11 nitrogen and oxygen atoms in total. The molecular weight excluding hydrogens is 1150 g/mol. The number of unbranched alkanes of at least 4 members (excludes halogenated alkanes) is 60. The highest BCUT2D eigenvalue weighted by molar-refractivity contribution is 5.76. The average molecular weight is 1310 g/mol. The summed E-state index contributed by atoms with van der Waals surface area (Å²) in [5.74, 6) is -0.153. The molecule has 1 aliphatic heterocycles. The predicted octanol–water partition coefficient (Wildman–Crippen LogP) is 22.1. The van der Waals surface area contributed by atoms with E-state index in [1.807, 2.05) is 6.08 Å². The van der Waals surface area contributed by atoms with E-state index in [9.17, 15) is 35.1 Å². The lowest BCUT2D eigenvalue weighted by atomic mass is 9.99. The van der Waals surface area contributed by atoms with E-state index in [0.717, 1.165) is 51.4 Å². The van der Waals surface area contributed by atoms with Gasteiger partial charge in [0.05, 0.1) is 32.0 Å². The molecule has 92 heavy (non-hydrogen) atoms. The summed E-state index contributed by atoms with van der Waals surface area (Å²) in [6.07, 6.45) is 80.0. The molecule has 6 N–H and O–H groups in total. The Morgan fingerprint density at radius 3 is 1.01 bits per heavy atom. The van der Waals surface area contributed by atoms with E-state index in [0.29, 0.717) is 19.4 Å². The van der Waals surface area contributed by atoms with Crippen LogP contribution in [-0.2, 0) is 23.8 Å². The Hall–Kier alpha value is -1.60. The van der Waals surface area contributed by atoms with Crippen LogP contribution in [0.4, 0.5) is 0 Å². The molecule has 1 heterocycles. The predicted molar refractivity (Wildman–Crippen MR) is 389 cm³/mol. The molecule has 546 valence electrons. The van der Waals surface area contributed by atoms with Crippen molar-refractivity contribution < 1.29 is 49.3 Å². The highest BCUT2D eigenvalue weighted by Crippen LogP contribution is 2.24. The van der Waals surface area contributed by atoms with E-state index in [2.05, 4.69) is 19.2 Å². The third-order valence-corrected chi connectivity index (χ3v) is 19.9. The van der Waals surface area contributed by atoms with Crippen molar-refractivity contribution >= 4 is 11.9 Å². The number of carbonyl (C=O) groups is 2. The second kappa shape index (κ2) is 70.7. The molecule has 1 rings (SSSR count). The van der Waals surface area contributed by atoms with Gasteiger partial charge in [-0.15, -0.1) is 0 Å². The molecule has 0 aromatic heterocycles. The first-order chi connectivity index (χ1) is 45.2. The maximum absolute atomic E-state index is 13.0.